The van der Waals surface area contributed by atoms with Crippen molar-refractivity contribution in [2.75, 3.05) is 0 Å². The molecule has 170 valence electrons. The number of nitrogens with zero attached hydrogens (tertiary/aromatic N) is 3. The van der Waals surface area contributed by atoms with Crippen LogP contribution in [0.5, 0.6) is 0 Å². The van der Waals surface area contributed by atoms with Crippen molar-refractivity contribution in [3.05, 3.63) is 102 Å². The van der Waals surface area contributed by atoms with Gasteiger partial charge in [-0.1, -0.05) is 66.7 Å². The molecule has 0 saturated heterocycles. The fourth-order valence-electron chi connectivity index (χ4n) is 4.69. The Balaban J connectivity index is 1.59. The van der Waals surface area contributed by atoms with Crippen molar-refractivity contribution in [3.63, 3.8) is 0 Å². The summed E-state index contributed by atoms with van der Waals surface area (Å²) in [4.78, 5) is 9.32. The van der Waals surface area contributed by atoms with Gasteiger partial charge in [0.15, 0.2) is 0 Å². The zero-order valence-electron chi connectivity index (χ0n) is 18.8. The maximum absolute atomic E-state index is 6.46. The van der Waals surface area contributed by atoms with Crippen LogP contribution >= 0.6 is 34.5 Å². The average Bonchev–Trinajstić information content (AvgIpc) is 3.39. The van der Waals surface area contributed by atoms with E-state index in [1.807, 2.05) is 6.08 Å². The smallest absolute Gasteiger partial charge is 0.225 e. The van der Waals surface area contributed by atoms with E-state index in [1.165, 1.54) is 16.3 Å². The second kappa shape index (κ2) is 8.65. The lowest BCUT2D eigenvalue weighted by Gasteiger charge is -2.09. The van der Waals surface area contributed by atoms with Crippen LogP contribution in [0, 0.1) is 0 Å². The summed E-state index contributed by atoms with van der Waals surface area (Å²) < 4.78 is 3.40. The summed E-state index contributed by atoms with van der Waals surface area (Å²) in [6.45, 7) is 5.87. The van der Waals surface area contributed by atoms with E-state index in [4.69, 9.17) is 23.2 Å². The lowest BCUT2D eigenvalue weighted by Crippen LogP contribution is -1.94. The molecule has 0 aliphatic carbocycles. The molecule has 0 bridgehead atoms. The third-order valence-electron chi connectivity index (χ3n) is 6.22. The number of para-hydroxylation sites is 1. The minimum atomic E-state index is 0.166. The van der Waals surface area contributed by atoms with Gasteiger partial charge in [0.05, 0.1) is 16.4 Å². The number of fused-ring (bicyclic) bond motifs is 6. The molecule has 3 heterocycles. The maximum Gasteiger partial charge on any atom is 0.225 e. The number of hydrogen-bond donors (Lipinski definition) is 0. The largest absolute Gasteiger partial charge is 0.310 e. The number of aromatic nitrogens is 3. The van der Waals surface area contributed by atoms with Crippen molar-refractivity contribution in [3.8, 4) is 11.1 Å². The van der Waals surface area contributed by atoms with Crippen LogP contribution in [0.25, 0.3) is 58.9 Å². The molecule has 0 unspecified atom stereocenters. The second-order valence-corrected chi connectivity index (χ2v) is 9.90. The van der Waals surface area contributed by atoms with Crippen molar-refractivity contribution < 1.29 is 0 Å². The molecule has 3 aromatic heterocycles. The van der Waals surface area contributed by atoms with E-state index in [-0.39, 0.29) is 5.28 Å². The van der Waals surface area contributed by atoms with Crippen LogP contribution in [-0.4, -0.2) is 14.5 Å². The quantitative estimate of drug-likeness (QED) is 0.134. The highest BCUT2D eigenvalue weighted by Gasteiger charge is 2.16. The predicted octanol–water partition coefficient (Wildman–Crippen LogP) is 9.53. The van der Waals surface area contributed by atoms with Gasteiger partial charge in [0.2, 0.25) is 5.28 Å². The van der Waals surface area contributed by atoms with E-state index >= 15 is 0 Å². The SMILES string of the molecule is C=C/C=C\C(=C/C)n1c2ccccc2c2cc(-c3ccc4sc5nc(Cl)nc(Cl)c5c4c3)ccc21. The van der Waals surface area contributed by atoms with Gasteiger partial charge >= 0.3 is 0 Å². The van der Waals surface area contributed by atoms with Gasteiger partial charge in [-0.2, -0.15) is 0 Å². The normalized spacial score (nSPS) is 12.6. The van der Waals surface area contributed by atoms with Gasteiger partial charge in [0.1, 0.15) is 9.98 Å². The Hall–Kier alpha value is -3.44. The fourth-order valence-corrected chi connectivity index (χ4v) is 6.33. The number of benzene rings is 3. The first-order valence-corrected chi connectivity index (χ1v) is 12.7. The van der Waals surface area contributed by atoms with E-state index < -0.39 is 0 Å². The molecule has 0 aliphatic rings. The molecule has 6 rings (SSSR count). The first kappa shape index (κ1) is 22.1. The molecular formula is C29H19Cl2N3S. The Labute approximate surface area is 216 Å². The van der Waals surface area contributed by atoms with Crippen LogP contribution in [0.2, 0.25) is 10.4 Å². The van der Waals surface area contributed by atoms with E-state index in [9.17, 15) is 0 Å². The molecule has 6 aromatic rings. The molecule has 0 aliphatic heterocycles. The standard InChI is InChI=1S/C29H19Cl2N3S/c1-3-5-8-19(4-2)34-23-10-7-6-9-20(23)21-15-17(11-13-24(21)34)18-12-14-25-22(16-18)26-27(30)32-29(31)33-28(26)35-25/h3-16H,1H2,2H3/b8-5-,19-4+. The van der Waals surface area contributed by atoms with Crippen LogP contribution in [0.1, 0.15) is 6.92 Å². The van der Waals surface area contributed by atoms with Crippen LogP contribution in [0.4, 0.5) is 0 Å². The molecule has 0 radical (unpaired) electrons. The number of thiophene rings is 1. The molecule has 0 spiro atoms. The summed E-state index contributed by atoms with van der Waals surface area (Å²) in [5.74, 6) is 0. The van der Waals surface area contributed by atoms with Gasteiger partial charge in [0, 0.05) is 26.6 Å². The lowest BCUT2D eigenvalue weighted by molar-refractivity contribution is 1.23. The predicted molar refractivity (Wildman–Crippen MR) is 153 cm³/mol. The summed E-state index contributed by atoms with van der Waals surface area (Å²) in [6, 6.07) is 21.6. The molecule has 0 atom stereocenters. The highest BCUT2D eigenvalue weighted by atomic mass is 35.5. The maximum atomic E-state index is 6.46. The Bertz CT molecular complexity index is 1860. The minimum absolute atomic E-state index is 0.166. The monoisotopic (exact) mass is 511 g/mol. The molecule has 3 aromatic carbocycles. The summed E-state index contributed by atoms with van der Waals surface area (Å²) in [5, 5.41) is 4.85. The molecule has 0 saturated carbocycles. The Morgan fingerprint density at radius 3 is 2.46 bits per heavy atom. The number of allylic oxidation sites excluding steroid dienone is 5. The van der Waals surface area contributed by atoms with Crippen LogP contribution in [-0.2, 0) is 0 Å². The van der Waals surface area contributed by atoms with Crippen LogP contribution in [0.3, 0.4) is 0 Å². The molecule has 0 N–H and O–H groups in total. The average molecular weight is 512 g/mol. The summed E-state index contributed by atoms with van der Waals surface area (Å²) >= 11 is 14.1. The first-order valence-electron chi connectivity index (χ1n) is 11.1. The molecule has 0 fully saturated rings. The van der Waals surface area contributed by atoms with Crippen molar-refractivity contribution in [2.45, 2.75) is 6.92 Å². The second-order valence-electron chi connectivity index (χ2n) is 8.17. The lowest BCUT2D eigenvalue weighted by atomic mass is 10.0. The van der Waals surface area contributed by atoms with Gasteiger partial charge in [-0.15, -0.1) is 11.3 Å². The third-order valence-corrected chi connectivity index (χ3v) is 7.73. The molecule has 35 heavy (non-hydrogen) atoms. The Kier molecular flexibility index (Phi) is 5.45. The Morgan fingerprint density at radius 1 is 0.914 bits per heavy atom. The molecular weight excluding hydrogens is 493 g/mol. The van der Waals surface area contributed by atoms with Crippen molar-refractivity contribution in [2.24, 2.45) is 0 Å². The van der Waals surface area contributed by atoms with Gasteiger partial charge < -0.3 is 4.57 Å². The zero-order chi connectivity index (χ0) is 24.1. The number of halogens is 2. The summed E-state index contributed by atoms with van der Waals surface area (Å²) in [6.07, 6.45) is 7.96. The van der Waals surface area contributed by atoms with E-state index in [0.717, 1.165) is 42.6 Å². The summed E-state index contributed by atoms with van der Waals surface area (Å²) in [7, 11) is 0. The van der Waals surface area contributed by atoms with Crippen molar-refractivity contribution in [1.29, 1.82) is 0 Å². The van der Waals surface area contributed by atoms with E-state index in [0.29, 0.717) is 5.15 Å². The first-order chi connectivity index (χ1) is 17.1. The van der Waals surface area contributed by atoms with Crippen molar-refractivity contribution in [1.82, 2.24) is 14.5 Å². The van der Waals surface area contributed by atoms with Gasteiger partial charge in [0.25, 0.3) is 0 Å². The van der Waals surface area contributed by atoms with Gasteiger partial charge in [-0.25, -0.2) is 9.97 Å². The zero-order valence-corrected chi connectivity index (χ0v) is 21.1. The number of hydrogen-bond acceptors (Lipinski definition) is 3. The molecule has 0 amide bonds. The number of rotatable bonds is 4. The van der Waals surface area contributed by atoms with E-state index in [2.05, 4.69) is 101 Å². The van der Waals surface area contributed by atoms with Crippen LogP contribution < -0.4 is 0 Å². The molecule has 3 nitrogen and oxygen atoms in total. The van der Waals surface area contributed by atoms with Gasteiger partial charge in [-0.05, 0) is 66.1 Å². The van der Waals surface area contributed by atoms with E-state index in [1.54, 1.807) is 17.4 Å². The summed E-state index contributed by atoms with van der Waals surface area (Å²) in [5.41, 5.74) is 5.67. The minimum Gasteiger partial charge on any atom is -0.310 e. The Morgan fingerprint density at radius 2 is 1.66 bits per heavy atom. The third kappa shape index (κ3) is 3.57. The van der Waals surface area contributed by atoms with Crippen molar-refractivity contribution >= 4 is 82.3 Å². The molecule has 6 heteroatoms. The topological polar surface area (TPSA) is 30.7 Å². The van der Waals surface area contributed by atoms with Gasteiger partial charge in [-0.3, -0.25) is 0 Å². The van der Waals surface area contributed by atoms with Crippen LogP contribution in [0.15, 0.2) is 91.5 Å². The highest BCUT2D eigenvalue weighted by Crippen LogP contribution is 2.40. The fraction of sp³-hybridized carbons (Fsp3) is 0.0345. The highest BCUT2D eigenvalue weighted by molar-refractivity contribution is 7.25.